The Morgan fingerprint density at radius 3 is 2.43 bits per heavy atom. The van der Waals surface area contributed by atoms with Crippen LogP contribution in [0, 0.1) is 6.92 Å². The van der Waals surface area contributed by atoms with Crippen LogP contribution in [-0.4, -0.2) is 21.3 Å². The fourth-order valence-electron chi connectivity index (χ4n) is 2.19. The van der Waals surface area contributed by atoms with Crippen LogP contribution in [0.25, 0.3) is 22.0 Å². The predicted molar refractivity (Wildman–Crippen MR) is 79.5 cm³/mol. The van der Waals surface area contributed by atoms with E-state index >= 15 is 0 Å². The summed E-state index contributed by atoms with van der Waals surface area (Å²) < 4.78 is 0. The van der Waals surface area contributed by atoms with Gasteiger partial charge < -0.3 is 5.11 Å². The smallest absolute Gasteiger partial charge is 0.360 e. The highest BCUT2D eigenvalue weighted by atomic mass is 16.4. The minimum atomic E-state index is -1.33. The first-order valence-electron chi connectivity index (χ1n) is 6.39. The van der Waals surface area contributed by atoms with Crippen molar-refractivity contribution in [3.05, 3.63) is 63.9 Å². The van der Waals surface area contributed by atoms with Crippen LogP contribution in [0.1, 0.15) is 16.1 Å². The standard InChI is InChI=1S/C16H12N2O3/c1-9-2-4-10(5-3-9)11-6-7-13-12(8-11)15(19)14(16(20)21)18-17-13/h2-8H,1H3,(H,17,19)(H,20,21). The van der Waals surface area contributed by atoms with Crippen LogP contribution in [0.15, 0.2) is 47.3 Å². The number of aromatic amines is 1. The van der Waals surface area contributed by atoms with E-state index in [-0.39, 0.29) is 0 Å². The van der Waals surface area contributed by atoms with Crippen molar-refractivity contribution < 1.29 is 9.90 Å². The van der Waals surface area contributed by atoms with Gasteiger partial charge in [0.1, 0.15) is 0 Å². The third kappa shape index (κ3) is 2.29. The van der Waals surface area contributed by atoms with E-state index in [9.17, 15) is 9.59 Å². The molecule has 2 N–H and O–H groups in total. The zero-order chi connectivity index (χ0) is 15.0. The Balaban J connectivity index is 2.23. The molecule has 0 fully saturated rings. The molecule has 5 nitrogen and oxygen atoms in total. The first-order chi connectivity index (χ1) is 10.1. The molecule has 104 valence electrons. The second-order valence-electron chi connectivity index (χ2n) is 4.83. The van der Waals surface area contributed by atoms with Gasteiger partial charge in [-0.15, -0.1) is 0 Å². The Hall–Kier alpha value is -2.95. The largest absolute Gasteiger partial charge is 0.476 e. The van der Waals surface area contributed by atoms with Crippen LogP contribution in [0.4, 0.5) is 0 Å². The number of carboxylic acid groups (broad SMARTS) is 1. The summed E-state index contributed by atoms with van der Waals surface area (Å²) in [6.45, 7) is 2.00. The molecule has 21 heavy (non-hydrogen) atoms. The molecule has 0 unspecified atom stereocenters. The Labute approximate surface area is 119 Å². The summed E-state index contributed by atoms with van der Waals surface area (Å²) in [4.78, 5) is 23.1. The third-order valence-corrected chi connectivity index (χ3v) is 3.35. The normalized spacial score (nSPS) is 10.7. The zero-order valence-corrected chi connectivity index (χ0v) is 11.3. The predicted octanol–water partition coefficient (Wildman–Crippen LogP) is 2.60. The number of aryl methyl sites for hydroxylation is 1. The molecular weight excluding hydrogens is 268 g/mol. The summed E-state index contributed by atoms with van der Waals surface area (Å²) in [6.07, 6.45) is 0. The van der Waals surface area contributed by atoms with Crippen LogP contribution in [0.3, 0.4) is 0 Å². The minimum Gasteiger partial charge on any atom is -0.476 e. The molecule has 0 spiro atoms. The third-order valence-electron chi connectivity index (χ3n) is 3.35. The van der Waals surface area contributed by atoms with E-state index in [2.05, 4.69) is 10.2 Å². The lowest BCUT2D eigenvalue weighted by Crippen LogP contribution is -2.18. The Morgan fingerprint density at radius 1 is 1.10 bits per heavy atom. The number of hydrogen-bond acceptors (Lipinski definition) is 3. The lowest BCUT2D eigenvalue weighted by atomic mass is 10.0. The van der Waals surface area contributed by atoms with E-state index in [1.54, 1.807) is 12.1 Å². The van der Waals surface area contributed by atoms with Gasteiger partial charge in [-0.25, -0.2) is 4.79 Å². The average Bonchev–Trinajstić information content (AvgIpc) is 2.48. The lowest BCUT2D eigenvalue weighted by molar-refractivity contribution is 0.0688. The van der Waals surface area contributed by atoms with E-state index in [1.165, 1.54) is 0 Å². The second-order valence-corrected chi connectivity index (χ2v) is 4.83. The quantitative estimate of drug-likeness (QED) is 0.755. The maximum absolute atomic E-state index is 12.1. The van der Waals surface area contributed by atoms with E-state index in [1.807, 2.05) is 37.3 Å². The maximum atomic E-state index is 12.1. The monoisotopic (exact) mass is 280 g/mol. The van der Waals surface area contributed by atoms with Crippen molar-refractivity contribution in [1.29, 1.82) is 0 Å². The van der Waals surface area contributed by atoms with Gasteiger partial charge in [-0.05, 0) is 30.2 Å². The van der Waals surface area contributed by atoms with Crippen molar-refractivity contribution in [1.82, 2.24) is 10.2 Å². The highest BCUT2D eigenvalue weighted by Gasteiger charge is 2.13. The van der Waals surface area contributed by atoms with Crippen LogP contribution in [0.5, 0.6) is 0 Å². The Morgan fingerprint density at radius 2 is 1.76 bits per heavy atom. The van der Waals surface area contributed by atoms with Gasteiger partial charge in [0, 0.05) is 0 Å². The highest BCUT2D eigenvalue weighted by Crippen LogP contribution is 2.22. The molecule has 1 heterocycles. The molecule has 0 aliphatic carbocycles. The summed E-state index contributed by atoms with van der Waals surface area (Å²) in [5.41, 5.74) is 2.41. The molecule has 0 amide bonds. The van der Waals surface area contributed by atoms with Gasteiger partial charge >= 0.3 is 5.97 Å². The fourth-order valence-corrected chi connectivity index (χ4v) is 2.19. The van der Waals surface area contributed by atoms with Crippen molar-refractivity contribution in [2.24, 2.45) is 0 Å². The minimum absolute atomic E-state index is 0.320. The van der Waals surface area contributed by atoms with Gasteiger partial charge in [0.05, 0.1) is 10.9 Å². The molecule has 2 aromatic carbocycles. The average molecular weight is 280 g/mol. The number of nitrogens with zero attached hydrogens (tertiary/aromatic N) is 1. The number of benzene rings is 2. The van der Waals surface area contributed by atoms with Gasteiger partial charge in [-0.1, -0.05) is 35.9 Å². The molecule has 0 atom stereocenters. The van der Waals surface area contributed by atoms with Crippen LogP contribution in [0.2, 0.25) is 0 Å². The van der Waals surface area contributed by atoms with Gasteiger partial charge in [-0.2, -0.15) is 5.10 Å². The van der Waals surface area contributed by atoms with Gasteiger partial charge in [0.25, 0.3) is 0 Å². The number of hydrogen-bond donors (Lipinski definition) is 2. The molecular formula is C16H12N2O3. The summed E-state index contributed by atoms with van der Waals surface area (Å²) in [5.74, 6) is -1.33. The molecule has 1 aromatic heterocycles. The van der Waals surface area contributed by atoms with Crippen molar-refractivity contribution in [2.75, 3.05) is 0 Å². The van der Waals surface area contributed by atoms with Gasteiger partial charge in [-0.3, -0.25) is 9.89 Å². The summed E-state index contributed by atoms with van der Waals surface area (Å²) >= 11 is 0. The van der Waals surface area contributed by atoms with Crippen LogP contribution < -0.4 is 5.43 Å². The highest BCUT2D eigenvalue weighted by molar-refractivity contribution is 5.91. The molecule has 0 aliphatic heterocycles. The molecule has 0 aliphatic rings. The van der Waals surface area contributed by atoms with Crippen LogP contribution >= 0.6 is 0 Å². The van der Waals surface area contributed by atoms with E-state index in [0.717, 1.165) is 16.7 Å². The summed E-state index contributed by atoms with van der Waals surface area (Å²) in [5, 5.41) is 15.5. The number of H-pyrrole nitrogens is 1. The van der Waals surface area contributed by atoms with E-state index < -0.39 is 17.1 Å². The molecule has 0 bridgehead atoms. The number of rotatable bonds is 2. The van der Waals surface area contributed by atoms with Crippen molar-refractivity contribution >= 4 is 16.9 Å². The number of nitrogens with one attached hydrogen (secondary N) is 1. The molecule has 3 rings (SSSR count). The molecule has 5 heteroatoms. The second kappa shape index (κ2) is 4.86. The summed E-state index contributed by atoms with van der Waals surface area (Å²) in [6, 6.07) is 13.2. The molecule has 3 aromatic rings. The van der Waals surface area contributed by atoms with Gasteiger partial charge in [0.15, 0.2) is 0 Å². The number of carboxylic acids is 1. The van der Waals surface area contributed by atoms with Gasteiger partial charge in [0.2, 0.25) is 11.1 Å². The number of aromatic carboxylic acids is 1. The van der Waals surface area contributed by atoms with Crippen molar-refractivity contribution in [3.8, 4) is 11.1 Å². The van der Waals surface area contributed by atoms with Crippen molar-refractivity contribution in [3.63, 3.8) is 0 Å². The topological polar surface area (TPSA) is 83.1 Å². The lowest BCUT2D eigenvalue weighted by Gasteiger charge is -2.05. The molecule has 0 saturated heterocycles. The van der Waals surface area contributed by atoms with E-state index in [4.69, 9.17) is 5.11 Å². The van der Waals surface area contributed by atoms with E-state index in [0.29, 0.717) is 10.9 Å². The summed E-state index contributed by atoms with van der Waals surface area (Å²) in [7, 11) is 0. The first kappa shape index (κ1) is 13.1. The molecule has 0 saturated carbocycles. The Kier molecular flexibility index (Phi) is 3.02. The Bertz CT molecular complexity index is 896. The molecule has 0 radical (unpaired) electrons. The number of carbonyl (C=O) groups is 1. The first-order valence-corrected chi connectivity index (χ1v) is 6.39. The fraction of sp³-hybridized carbons (Fsp3) is 0.0625. The SMILES string of the molecule is Cc1ccc(-c2ccc3[nH]nc(C(=O)O)c(=O)c3c2)cc1. The van der Waals surface area contributed by atoms with Crippen LogP contribution in [-0.2, 0) is 0 Å². The maximum Gasteiger partial charge on any atom is 0.360 e. The number of fused-ring (bicyclic) bond motifs is 1. The van der Waals surface area contributed by atoms with Crippen molar-refractivity contribution in [2.45, 2.75) is 6.92 Å². The number of aromatic nitrogens is 2. The zero-order valence-electron chi connectivity index (χ0n) is 11.3.